The van der Waals surface area contributed by atoms with Crippen LogP contribution in [0.2, 0.25) is 0 Å². The Morgan fingerprint density at radius 1 is 1.06 bits per heavy atom. The van der Waals surface area contributed by atoms with Crippen molar-refractivity contribution in [3.05, 3.63) is 42.5 Å². The summed E-state index contributed by atoms with van der Waals surface area (Å²) in [6.45, 7) is 2.89. The number of sulfonamides is 2. The molecular weight excluding hydrogens is 494 g/mol. The van der Waals surface area contributed by atoms with Crippen molar-refractivity contribution in [1.29, 1.82) is 0 Å². The van der Waals surface area contributed by atoms with Gasteiger partial charge in [0, 0.05) is 13.1 Å². The van der Waals surface area contributed by atoms with E-state index in [2.05, 4.69) is 5.32 Å². The van der Waals surface area contributed by atoms with Gasteiger partial charge in [0.2, 0.25) is 26.0 Å². The van der Waals surface area contributed by atoms with Crippen LogP contribution in [0.1, 0.15) is 26.2 Å². The van der Waals surface area contributed by atoms with E-state index in [1.165, 1.54) is 29.6 Å². The van der Waals surface area contributed by atoms with Gasteiger partial charge < -0.3 is 14.8 Å². The van der Waals surface area contributed by atoms with Crippen molar-refractivity contribution in [2.75, 3.05) is 49.2 Å². The van der Waals surface area contributed by atoms with E-state index in [0.717, 1.165) is 29.8 Å². The van der Waals surface area contributed by atoms with Crippen LogP contribution in [0.25, 0.3) is 0 Å². The Balaban J connectivity index is 1.82. The van der Waals surface area contributed by atoms with E-state index in [1.807, 2.05) is 6.92 Å². The predicted octanol–water partition coefficient (Wildman–Crippen LogP) is 2.67. The number of hydrogen-bond acceptors (Lipinski definition) is 7. The van der Waals surface area contributed by atoms with Gasteiger partial charge in [-0.1, -0.05) is 6.92 Å². The lowest BCUT2D eigenvalue weighted by atomic mass is 10.2. The molecular formula is C23H31N3O7S2. The van der Waals surface area contributed by atoms with Crippen molar-refractivity contribution < 1.29 is 31.1 Å². The van der Waals surface area contributed by atoms with Crippen LogP contribution in [0.15, 0.2) is 47.4 Å². The van der Waals surface area contributed by atoms with Crippen molar-refractivity contribution in [3.63, 3.8) is 0 Å². The molecule has 2 aromatic rings. The van der Waals surface area contributed by atoms with E-state index < -0.39 is 32.5 Å². The number of carbonyl (C=O) groups excluding carboxylic acids is 1. The fourth-order valence-electron chi connectivity index (χ4n) is 3.67. The number of carbonyl (C=O) groups is 1. The summed E-state index contributed by atoms with van der Waals surface area (Å²) >= 11 is 0. The molecule has 10 nitrogen and oxygen atoms in total. The second kappa shape index (κ2) is 11.3. The van der Waals surface area contributed by atoms with E-state index in [-0.39, 0.29) is 16.3 Å². The molecule has 1 heterocycles. The predicted molar refractivity (Wildman–Crippen MR) is 134 cm³/mol. The molecule has 0 aliphatic carbocycles. The average Bonchev–Trinajstić information content (AvgIpc) is 3.37. The second-order valence-electron chi connectivity index (χ2n) is 8.13. The highest BCUT2D eigenvalue weighted by atomic mass is 32.2. The number of ether oxygens (including phenoxy) is 2. The van der Waals surface area contributed by atoms with Crippen molar-refractivity contribution in [2.24, 2.45) is 0 Å². The minimum absolute atomic E-state index is 0.0261. The van der Waals surface area contributed by atoms with Gasteiger partial charge in [0.05, 0.1) is 36.2 Å². The Morgan fingerprint density at radius 2 is 1.71 bits per heavy atom. The lowest BCUT2D eigenvalue weighted by Gasteiger charge is -2.23. The van der Waals surface area contributed by atoms with E-state index in [0.29, 0.717) is 31.1 Å². The quantitative estimate of drug-likeness (QED) is 0.479. The van der Waals surface area contributed by atoms with Gasteiger partial charge in [-0.3, -0.25) is 9.10 Å². The van der Waals surface area contributed by atoms with Gasteiger partial charge in [-0.05, 0) is 61.7 Å². The van der Waals surface area contributed by atoms with Gasteiger partial charge in [-0.15, -0.1) is 0 Å². The molecule has 0 unspecified atom stereocenters. The summed E-state index contributed by atoms with van der Waals surface area (Å²) in [4.78, 5) is 12.9. The minimum atomic E-state index is -3.80. The Bertz CT molecular complexity index is 1240. The molecule has 0 spiro atoms. The minimum Gasteiger partial charge on any atom is -0.495 e. The molecule has 1 fully saturated rings. The zero-order chi connectivity index (χ0) is 25.6. The molecule has 12 heteroatoms. The number of anilines is 2. The molecule has 192 valence electrons. The van der Waals surface area contributed by atoms with Crippen LogP contribution >= 0.6 is 0 Å². The third kappa shape index (κ3) is 6.65. The number of nitrogens with zero attached hydrogens (tertiary/aromatic N) is 2. The molecule has 1 amide bonds. The Labute approximate surface area is 206 Å². The average molecular weight is 526 g/mol. The lowest BCUT2D eigenvalue weighted by molar-refractivity contribution is -0.114. The summed E-state index contributed by atoms with van der Waals surface area (Å²) in [5.74, 6) is 0.187. The maximum Gasteiger partial charge on any atom is 0.245 e. The van der Waals surface area contributed by atoms with Crippen LogP contribution in [-0.4, -0.2) is 66.7 Å². The Kier molecular flexibility index (Phi) is 8.62. The van der Waals surface area contributed by atoms with Gasteiger partial charge in [-0.25, -0.2) is 16.8 Å². The van der Waals surface area contributed by atoms with E-state index >= 15 is 0 Å². The van der Waals surface area contributed by atoms with Crippen molar-refractivity contribution in [1.82, 2.24) is 4.31 Å². The molecule has 0 radical (unpaired) electrons. The van der Waals surface area contributed by atoms with Crippen molar-refractivity contribution in [2.45, 2.75) is 31.1 Å². The maximum atomic E-state index is 12.9. The van der Waals surface area contributed by atoms with Crippen molar-refractivity contribution >= 4 is 37.3 Å². The smallest absolute Gasteiger partial charge is 0.245 e. The van der Waals surface area contributed by atoms with Crippen molar-refractivity contribution in [3.8, 4) is 11.5 Å². The molecule has 0 saturated carbocycles. The first-order chi connectivity index (χ1) is 16.6. The van der Waals surface area contributed by atoms with Gasteiger partial charge in [-0.2, -0.15) is 4.31 Å². The highest BCUT2D eigenvalue weighted by Gasteiger charge is 2.28. The second-order valence-corrected chi connectivity index (χ2v) is 12.0. The van der Waals surface area contributed by atoms with Crippen LogP contribution in [-0.2, 0) is 24.8 Å². The number of rotatable bonds is 11. The summed E-state index contributed by atoms with van der Waals surface area (Å²) in [6.07, 6.45) is 3.44. The van der Waals surface area contributed by atoms with Gasteiger partial charge in [0.25, 0.3) is 0 Å². The fourth-order valence-corrected chi connectivity index (χ4v) is 6.07. The fraction of sp³-hybridized carbons (Fsp3) is 0.435. The normalized spacial score (nSPS) is 14.5. The molecule has 0 aromatic heterocycles. The molecule has 1 aliphatic rings. The Hall–Kier alpha value is -2.83. The first-order valence-electron chi connectivity index (χ1n) is 11.2. The number of hydrogen-bond donors (Lipinski definition) is 1. The largest absolute Gasteiger partial charge is 0.495 e. The third-order valence-electron chi connectivity index (χ3n) is 5.43. The number of amides is 1. The molecule has 0 atom stereocenters. The maximum absolute atomic E-state index is 12.9. The van der Waals surface area contributed by atoms with Crippen LogP contribution in [0.5, 0.6) is 11.5 Å². The molecule has 1 saturated heterocycles. The lowest BCUT2D eigenvalue weighted by Crippen LogP contribution is -2.37. The summed E-state index contributed by atoms with van der Waals surface area (Å²) < 4.78 is 63.9. The SMILES string of the molecule is CCCOc1ccc(N(CC(=O)Nc2cc(S(=O)(=O)N3CCCC3)ccc2OC)S(C)(=O)=O)cc1. The first kappa shape index (κ1) is 26.8. The summed E-state index contributed by atoms with van der Waals surface area (Å²) in [5, 5.41) is 2.60. The van der Waals surface area contributed by atoms with Gasteiger partial charge in [0.15, 0.2) is 0 Å². The molecule has 2 aromatic carbocycles. The van der Waals surface area contributed by atoms with Crippen LogP contribution < -0.4 is 19.1 Å². The molecule has 1 N–H and O–H groups in total. The van der Waals surface area contributed by atoms with Crippen LogP contribution in [0, 0.1) is 0 Å². The Morgan fingerprint density at radius 3 is 2.29 bits per heavy atom. The number of benzene rings is 2. The molecule has 0 bridgehead atoms. The molecule has 3 rings (SSSR count). The van der Waals surface area contributed by atoms with E-state index in [4.69, 9.17) is 9.47 Å². The zero-order valence-corrected chi connectivity index (χ0v) is 21.7. The van der Waals surface area contributed by atoms with E-state index in [1.54, 1.807) is 24.3 Å². The monoisotopic (exact) mass is 525 g/mol. The van der Waals surface area contributed by atoms with Gasteiger partial charge in [0.1, 0.15) is 18.0 Å². The molecule has 35 heavy (non-hydrogen) atoms. The van der Waals surface area contributed by atoms with Crippen LogP contribution in [0.4, 0.5) is 11.4 Å². The standard InChI is InChI=1S/C23H31N3O7S2/c1-4-15-33-19-9-7-18(8-10-19)26(34(3,28)29)17-23(27)24-21-16-20(11-12-22(21)32-2)35(30,31)25-13-5-6-14-25/h7-12,16H,4-6,13-15,17H2,1-3H3,(H,24,27). The highest BCUT2D eigenvalue weighted by molar-refractivity contribution is 7.92. The van der Waals surface area contributed by atoms with Gasteiger partial charge >= 0.3 is 0 Å². The zero-order valence-electron chi connectivity index (χ0n) is 20.1. The highest BCUT2D eigenvalue weighted by Crippen LogP contribution is 2.30. The first-order valence-corrected chi connectivity index (χ1v) is 14.5. The number of nitrogens with one attached hydrogen (secondary N) is 1. The van der Waals surface area contributed by atoms with Crippen LogP contribution in [0.3, 0.4) is 0 Å². The summed E-state index contributed by atoms with van der Waals surface area (Å²) in [6, 6.07) is 10.6. The third-order valence-corrected chi connectivity index (χ3v) is 8.47. The summed E-state index contributed by atoms with van der Waals surface area (Å²) in [5.41, 5.74) is 0.429. The molecule has 1 aliphatic heterocycles. The summed E-state index contributed by atoms with van der Waals surface area (Å²) in [7, 11) is -6.12. The topological polar surface area (TPSA) is 122 Å². The van der Waals surface area contributed by atoms with E-state index in [9.17, 15) is 21.6 Å². The number of methoxy groups -OCH3 is 1.